The standard InChI is InChI=1S/C13H17N5O3/c1-3-9-14-10(21-16-9)7-18-12(8-5-6-8)11(15-17-18)13(19)20-4-2/h8H,3-7H2,1-2H3. The molecule has 112 valence electrons. The first-order chi connectivity index (χ1) is 10.2. The highest BCUT2D eigenvalue weighted by molar-refractivity contribution is 5.88. The molecule has 1 fully saturated rings. The van der Waals surface area contributed by atoms with E-state index in [9.17, 15) is 4.79 Å². The normalized spacial score (nSPS) is 14.4. The fourth-order valence-electron chi connectivity index (χ4n) is 2.17. The van der Waals surface area contributed by atoms with Crippen molar-refractivity contribution in [2.75, 3.05) is 6.61 Å². The quantitative estimate of drug-likeness (QED) is 0.740. The van der Waals surface area contributed by atoms with Gasteiger partial charge in [-0.15, -0.1) is 5.10 Å². The molecule has 2 heterocycles. The van der Waals surface area contributed by atoms with E-state index in [0.29, 0.717) is 42.9 Å². The second kappa shape index (κ2) is 5.63. The average molecular weight is 291 g/mol. The number of hydrogen-bond donors (Lipinski definition) is 0. The van der Waals surface area contributed by atoms with E-state index in [1.54, 1.807) is 11.6 Å². The summed E-state index contributed by atoms with van der Waals surface area (Å²) in [4.78, 5) is 16.2. The Morgan fingerprint density at radius 2 is 2.24 bits per heavy atom. The van der Waals surface area contributed by atoms with Gasteiger partial charge in [-0.2, -0.15) is 4.98 Å². The van der Waals surface area contributed by atoms with E-state index in [1.807, 2.05) is 6.92 Å². The minimum Gasteiger partial charge on any atom is -0.461 e. The van der Waals surface area contributed by atoms with E-state index in [1.165, 1.54) is 0 Å². The number of aromatic nitrogens is 5. The first-order valence-corrected chi connectivity index (χ1v) is 7.14. The number of carbonyl (C=O) groups is 1. The van der Waals surface area contributed by atoms with Gasteiger partial charge in [-0.1, -0.05) is 17.3 Å². The molecular weight excluding hydrogens is 274 g/mol. The molecule has 2 aromatic rings. The molecule has 8 nitrogen and oxygen atoms in total. The van der Waals surface area contributed by atoms with Crippen LogP contribution in [0.4, 0.5) is 0 Å². The summed E-state index contributed by atoms with van der Waals surface area (Å²) in [6.45, 7) is 4.37. The van der Waals surface area contributed by atoms with Crippen molar-refractivity contribution in [3.8, 4) is 0 Å². The molecule has 21 heavy (non-hydrogen) atoms. The lowest BCUT2D eigenvalue weighted by molar-refractivity contribution is 0.0518. The number of ether oxygens (including phenoxy) is 1. The van der Waals surface area contributed by atoms with Crippen molar-refractivity contribution >= 4 is 5.97 Å². The SMILES string of the molecule is CCOC(=O)c1nnn(Cc2nc(CC)no2)c1C1CC1. The van der Waals surface area contributed by atoms with Crippen LogP contribution in [0.15, 0.2) is 4.52 Å². The average Bonchev–Trinajstić information content (AvgIpc) is 3.07. The highest BCUT2D eigenvalue weighted by atomic mass is 16.5. The van der Waals surface area contributed by atoms with Crippen molar-refractivity contribution in [2.24, 2.45) is 0 Å². The van der Waals surface area contributed by atoms with Gasteiger partial charge in [0.25, 0.3) is 0 Å². The Labute approximate surface area is 121 Å². The number of aryl methyl sites for hydroxylation is 1. The molecule has 0 atom stereocenters. The molecule has 0 unspecified atom stereocenters. The second-order valence-corrected chi connectivity index (χ2v) is 4.93. The fraction of sp³-hybridized carbons (Fsp3) is 0.615. The van der Waals surface area contributed by atoms with E-state index in [-0.39, 0.29) is 0 Å². The smallest absolute Gasteiger partial charge is 0.360 e. The van der Waals surface area contributed by atoms with Crippen LogP contribution in [0.25, 0.3) is 0 Å². The summed E-state index contributed by atoms with van der Waals surface area (Å²) >= 11 is 0. The van der Waals surface area contributed by atoms with Gasteiger partial charge in [0.1, 0.15) is 6.54 Å². The predicted molar refractivity (Wildman–Crippen MR) is 70.7 cm³/mol. The van der Waals surface area contributed by atoms with Gasteiger partial charge in [0.05, 0.1) is 12.3 Å². The molecule has 8 heteroatoms. The third-order valence-electron chi connectivity index (χ3n) is 3.32. The zero-order valence-corrected chi connectivity index (χ0v) is 12.1. The minimum atomic E-state index is -0.426. The molecule has 1 aliphatic carbocycles. The van der Waals surface area contributed by atoms with Crippen LogP contribution in [0.2, 0.25) is 0 Å². The maximum atomic E-state index is 11.9. The summed E-state index contributed by atoms with van der Waals surface area (Å²) < 4.78 is 11.9. The molecule has 0 spiro atoms. The van der Waals surface area contributed by atoms with E-state index in [0.717, 1.165) is 18.5 Å². The lowest BCUT2D eigenvalue weighted by atomic mass is 10.2. The second-order valence-electron chi connectivity index (χ2n) is 4.93. The Morgan fingerprint density at radius 1 is 1.43 bits per heavy atom. The molecule has 0 aromatic carbocycles. The van der Waals surface area contributed by atoms with Crippen molar-refractivity contribution < 1.29 is 14.1 Å². The van der Waals surface area contributed by atoms with Crippen LogP contribution in [0.5, 0.6) is 0 Å². The topological polar surface area (TPSA) is 95.9 Å². The van der Waals surface area contributed by atoms with Gasteiger partial charge >= 0.3 is 5.97 Å². The zero-order valence-electron chi connectivity index (χ0n) is 12.1. The van der Waals surface area contributed by atoms with Gasteiger partial charge in [0.15, 0.2) is 11.5 Å². The fourth-order valence-corrected chi connectivity index (χ4v) is 2.17. The van der Waals surface area contributed by atoms with Gasteiger partial charge in [0, 0.05) is 12.3 Å². The molecule has 0 radical (unpaired) electrons. The summed E-state index contributed by atoms with van der Waals surface area (Å²) in [6.07, 6.45) is 2.78. The Hall–Kier alpha value is -2.25. The van der Waals surface area contributed by atoms with Crippen molar-refractivity contribution in [1.82, 2.24) is 25.1 Å². The maximum absolute atomic E-state index is 11.9. The summed E-state index contributed by atoms with van der Waals surface area (Å²) in [5.41, 5.74) is 1.11. The molecule has 2 aromatic heterocycles. The van der Waals surface area contributed by atoms with Crippen molar-refractivity contribution in [3.05, 3.63) is 23.1 Å². The van der Waals surface area contributed by atoms with Crippen LogP contribution >= 0.6 is 0 Å². The van der Waals surface area contributed by atoms with Gasteiger partial charge in [-0.25, -0.2) is 9.48 Å². The molecule has 1 saturated carbocycles. The van der Waals surface area contributed by atoms with Crippen LogP contribution in [-0.4, -0.2) is 37.7 Å². The summed E-state index contributed by atoms with van der Waals surface area (Å²) in [7, 11) is 0. The van der Waals surface area contributed by atoms with Gasteiger partial charge < -0.3 is 9.26 Å². The predicted octanol–water partition coefficient (Wildman–Crippen LogP) is 1.33. The Kier molecular flexibility index (Phi) is 3.68. The Morgan fingerprint density at radius 3 is 2.86 bits per heavy atom. The lowest BCUT2D eigenvalue weighted by Crippen LogP contribution is -2.11. The van der Waals surface area contributed by atoms with Crippen molar-refractivity contribution in [1.29, 1.82) is 0 Å². The molecular formula is C13H17N5O3. The van der Waals surface area contributed by atoms with Gasteiger partial charge in [-0.05, 0) is 19.8 Å². The van der Waals surface area contributed by atoms with Gasteiger partial charge in [-0.3, -0.25) is 0 Å². The molecule has 1 aliphatic rings. The number of esters is 1. The number of nitrogens with zero attached hydrogens (tertiary/aromatic N) is 5. The molecule has 0 N–H and O–H groups in total. The van der Waals surface area contributed by atoms with Gasteiger partial charge in [0.2, 0.25) is 5.89 Å². The zero-order chi connectivity index (χ0) is 14.8. The van der Waals surface area contributed by atoms with Crippen LogP contribution in [0, 0.1) is 0 Å². The number of rotatable bonds is 6. The van der Waals surface area contributed by atoms with E-state index in [4.69, 9.17) is 9.26 Å². The summed E-state index contributed by atoms with van der Waals surface area (Å²) in [5.74, 6) is 1.01. The molecule has 3 rings (SSSR count). The largest absolute Gasteiger partial charge is 0.461 e. The van der Waals surface area contributed by atoms with E-state index < -0.39 is 5.97 Å². The molecule has 0 amide bonds. The molecule has 0 saturated heterocycles. The van der Waals surface area contributed by atoms with E-state index >= 15 is 0 Å². The number of hydrogen-bond acceptors (Lipinski definition) is 7. The van der Waals surface area contributed by atoms with Crippen molar-refractivity contribution in [3.63, 3.8) is 0 Å². The number of carbonyl (C=O) groups excluding carboxylic acids is 1. The lowest BCUT2D eigenvalue weighted by Gasteiger charge is -2.04. The first-order valence-electron chi connectivity index (χ1n) is 7.14. The molecule has 0 bridgehead atoms. The summed E-state index contributed by atoms with van der Waals surface area (Å²) in [6, 6.07) is 0. The summed E-state index contributed by atoms with van der Waals surface area (Å²) in [5, 5.41) is 11.9. The Balaban J connectivity index is 1.86. The Bertz CT molecular complexity index is 644. The third kappa shape index (κ3) is 2.79. The van der Waals surface area contributed by atoms with Crippen LogP contribution in [0.3, 0.4) is 0 Å². The first kappa shape index (κ1) is 13.7. The third-order valence-corrected chi connectivity index (χ3v) is 3.32. The highest BCUT2D eigenvalue weighted by Gasteiger charge is 2.34. The highest BCUT2D eigenvalue weighted by Crippen LogP contribution is 2.41. The maximum Gasteiger partial charge on any atom is 0.360 e. The monoisotopic (exact) mass is 291 g/mol. The van der Waals surface area contributed by atoms with Crippen molar-refractivity contribution in [2.45, 2.75) is 45.6 Å². The van der Waals surface area contributed by atoms with E-state index in [2.05, 4.69) is 20.5 Å². The van der Waals surface area contributed by atoms with Crippen LogP contribution in [0.1, 0.15) is 60.5 Å². The van der Waals surface area contributed by atoms with Crippen LogP contribution < -0.4 is 0 Å². The molecule has 0 aliphatic heterocycles. The van der Waals surface area contributed by atoms with Crippen LogP contribution in [-0.2, 0) is 17.7 Å². The minimum absolute atomic E-state index is 0.301.